The zero-order valence-corrected chi connectivity index (χ0v) is 20.4. The molecule has 1 aliphatic carbocycles. The van der Waals surface area contributed by atoms with Crippen LogP contribution >= 0.6 is 24.0 Å². The maximum atomic E-state index is 4.82. The lowest BCUT2D eigenvalue weighted by Crippen LogP contribution is -2.53. The highest BCUT2D eigenvalue weighted by atomic mass is 127. The van der Waals surface area contributed by atoms with Crippen molar-refractivity contribution < 1.29 is 0 Å². The number of pyridine rings is 1. The lowest BCUT2D eigenvalue weighted by atomic mass is 9.92. The SMILES string of the molecule is CCNC(=NCCc1nnc2ccccn12)NC1CCCN(C2CCCCC2)C1.I. The fourth-order valence-corrected chi connectivity index (χ4v) is 4.74. The van der Waals surface area contributed by atoms with E-state index in [-0.39, 0.29) is 24.0 Å². The summed E-state index contributed by atoms with van der Waals surface area (Å²) in [5.41, 5.74) is 0.890. The molecule has 1 unspecified atom stereocenters. The molecular formula is C22H36IN7. The van der Waals surface area contributed by atoms with Crippen LogP contribution in [0, 0.1) is 0 Å². The molecule has 2 aromatic heterocycles. The predicted octanol–water partition coefficient (Wildman–Crippen LogP) is 3.24. The van der Waals surface area contributed by atoms with E-state index < -0.39 is 0 Å². The van der Waals surface area contributed by atoms with Crippen LogP contribution in [0.15, 0.2) is 29.4 Å². The molecule has 0 amide bonds. The molecule has 3 heterocycles. The molecule has 1 atom stereocenters. The molecule has 2 aliphatic rings. The molecule has 2 fully saturated rings. The first kappa shape index (κ1) is 23.2. The van der Waals surface area contributed by atoms with Crippen LogP contribution in [0.4, 0.5) is 0 Å². The van der Waals surface area contributed by atoms with E-state index in [1.807, 2.05) is 28.8 Å². The number of halogens is 1. The van der Waals surface area contributed by atoms with E-state index in [9.17, 15) is 0 Å². The lowest BCUT2D eigenvalue weighted by molar-refractivity contribution is 0.115. The van der Waals surface area contributed by atoms with E-state index in [0.29, 0.717) is 12.6 Å². The van der Waals surface area contributed by atoms with Gasteiger partial charge in [-0.1, -0.05) is 25.3 Å². The standard InChI is InChI=1S/C22H35N7.HI/c1-2-23-22(24-14-13-21-27-26-20-12-6-7-16-29(20)21)25-18-9-8-15-28(17-18)19-10-4-3-5-11-19;/h6-7,12,16,18-19H,2-5,8-11,13-15,17H2,1H3,(H2,23,24,25);1H. The topological polar surface area (TPSA) is 69.8 Å². The third kappa shape index (κ3) is 6.06. The Hall–Kier alpha value is -1.42. The molecule has 4 rings (SSSR count). The Balaban J connectivity index is 0.00000256. The van der Waals surface area contributed by atoms with Crippen molar-refractivity contribution in [2.24, 2.45) is 4.99 Å². The van der Waals surface area contributed by atoms with Gasteiger partial charge in [-0.3, -0.25) is 14.3 Å². The Kier molecular flexibility index (Phi) is 9.17. The first-order valence-electron chi connectivity index (χ1n) is 11.4. The number of nitrogens with zero attached hydrogens (tertiary/aromatic N) is 5. The molecule has 7 nitrogen and oxygen atoms in total. The van der Waals surface area contributed by atoms with Crippen molar-refractivity contribution in [3.63, 3.8) is 0 Å². The number of fused-ring (bicyclic) bond motifs is 1. The molecule has 1 saturated heterocycles. The molecule has 1 saturated carbocycles. The van der Waals surface area contributed by atoms with Crippen molar-refractivity contribution >= 4 is 35.6 Å². The summed E-state index contributed by atoms with van der Waals surface area (Å²) in [6, 6.07) is 7.26. The summed E-state index contributed by atoms with van der Waals surface area (Å²) in [6.07, 6.45) is 12.3. The third-order valence-corrected chi connectivity index (χ3v) is 6.22. The van der Waals surface area contributed by atoms with Gasteiger partial charge in [0.2, 0.25) is 0 Å². The van der Waals surface area contributed by atoms with E-state index in [0.717, 1.165) is 43.0 Å². The normalized spacial score (nSPS) is 21.4. The van der Waals surface area contributed by atoms with Gasteiger partial charge < -0.3 is 10.6 Å². The highest BCUT2D eigenvalue weighted by molar-refractivity contribution is 14.0. The molecule has 0 spiro atoms. The van der Waals surface area contributed by atoms with Gasteiger partial charge in [-0.05, 0) is 51.3 Å². The van der Waals surface area contributed by atoms with Crippen molar-refractivity contribution in [2.45, 2.75) is 70.4 Å². The fraction of sp³-hybridized carbons (Fsp3) is 0.682. The molecule has 2 N–H and O–H groups in total. The van der Waals surface area contributed by atoms with Crippen molar-refractivity contribution in [1.82, 2.24) is 30.1 Å². The van der Waals surface area contributed by atoms with Gasteiger partial charge in [-0.25, -0.2) is 0 Å². The van der Waals surface area contributed by atoms with Crippen LogP contribution in [-0.4, -0.2) is 63.7 Å². The van der Waals surface area contributed by atoms with Crippen LogP contribution in [-0.2, 0) is 6.42 Å². The molecule has 8 heteroatoms. The van der Waals surface area contributed by atoms with Crippen molar-refractivity contribution in [1.29, 1.82) is 0 Å². The number of hydrogen-bond acceptors (Lipinski definition) is 4. The Morgan fingerprint density at radius 1 is 1.13 bits per heavy atom. The Bertz CT molecular complexity index is 800. The van der Waals surface area contributed by atoms with E-state index in [4.69, 9.17) is 4.99 Å². The van der Waals surface area contributed by atoms with Crippen molar-refractivity contribution in [2.75, 3.05) is 26.2 Å². The summed E-state index contributed by atoms with van der Waals surface area (Å²) >= 11 is 0. The maximum Gasteiger partial charge on any atom is 0.191 e. The van der Waals surface area contributed by atoms with E-state index >= 15 is 0 Å². The van der Waals surface area contributed by atoms with Gasteiger partial charge in [0.25, 0.3) is 0 Å². The fourth-order valence-electron chi connectivity index (χ4n) is 4.74. The Morgan fingerprint density at radius 3 is 2.83 bits per heavy atom. The molecule has 0 bridgehead atoms. The Morgan fingerprint density at radius 2 is 2.00 bits per heavy atom. The second-order valence-electron chi connectivity index (χ2n) is 8.33. The summed E-state index contributed by atoms with van der Waals surface area (Å²) in [6.45, 7) is 6.10. The van der Waals surface area contributed by atoms with Gasteiger partial charge >= 0.3 is 0 Å². The zero-order valence-electron chi connectivity index (χ0n) is 18.1. The molecule has 0 aromatic carbocycles. The van der Waals surface area contributed by atoms with Gasteiger partial charge in [-0.2, -0.15) is 0 Å². The van der Waals surface area contributed by atoms with Gasteiger partial charge in [0.1, 0.15) is 5.82 Å². The minimum absolute atomic E-state index is 0. The van der Waals surface area contributed by atoms with Gasteiger partial charge in [0.05, 0.1) is 0 Å². The molecule has 2 aromatic rings. The summed E-state index contributed by atoms with van der Waals surface area (Å²) in [7, 11) is 0. The largest absolute Gasteiger partial charge is 0.357 e. The number of aliphatic imine (C=N–C) groups is 1. The predicted molar refractivity (Wildman–Crippen MR) is 133 cm³/mol. The first-order chi connectivity index (χ1) is 14.3. The van der Waals surface area contributed by atoms with E-state index in [2.05, 4.69) is 32.7 Å². The molecule has 30 heavy (non-hydrogen) atoms. The number of aromatic nitrogens is 3. The Labute approximate surface area is 197 Å². The first-order valence-corrected chi connectivity index (χ1v) is 11.4. The average Bonchev–Trinajstić information content (AvgIpc) is 3.18. The van der Waals surface area contributed by atoms with Gasteiger partial charge in [0.15, 0.2) is 11.6 Å². The smallest absolute Gasteiger partial charge is 0.191 e. The number of nitrogens with one attached hydrogen (secondary N) is 2. The quantitative estimate of drug-likeness (QED) is 0.345. The minimum atomic E-state index is 0. The van der Waals surface area contributed by atoms with Crippen molar-refractivity contribution in [3.05, 3.63) is 30.2 Å². The number of hydrogen-bond donors (Lipinski definition) is 2. The second-order valence-corrected chi connectivity index (χ2v) is 8.33. The van der Waals surface area contributed by atoms with E-state index in [1.165, 1.54) is 51.5 Å². The highest BCUT2D eigenvalue weighted by Crippen LogP contribution is 2.25. The summed E-state index contributed by atoms with van der Waals surface area (Å²) < 4.78 is 2.04. The molecule has 166 valence electrons. The summed E-state index contributed by atoms with van der Waals surface area (Å²) in [5.74, 6) is 1.89. The van der Waals surface area contributed by atoms with Gasteiger partial charge in [-0.15, -0.1) is 34.2 Å². The van der Waals surface area contributed by atoms with Crippen LogP contribution in [0.5, 0.6) is 0 Å². The summed E-state index contributed by atoms with van der Waals surface area (Å²) in [5, 5.41) is 15.7. The van der Waals surface area contributed by atoms with Crippen LogP contribution in [0.1, 0.15) is 57.7 Å². The lowest BCUT2D eigenvalue weighted by Gasteiger charge is -2.40. The number of rotatable bonds is 6. The van der Waals surface area contributed by atoms with Crippen molar-refractivity contribution in [3.8, 4) is 0 Å². The average molecular weight is 525 g/mol. The molecule has 0 radical (unpaired) electrons. The van der Waals surface area contributed by atoms with Crippen LogP contribution in [0.25, 0.3) is 5.65 Å². The minimum Gasteiger partial charge on any atom is -0.357 e. The number of piperidine rings is 1. The third-order valence-electron chi connectivity index (χ3n) is 6.22. The summed E-state index contributed by atoms with van der Waals surface area (Å²) in [4.78, 5) is 7.55. The number of likely N-dealkylation sites (tertiary alicyclic amines) is 1. The maximum absolute atomic E-state index is 4.82. The number of guanidine groups is 1. The molecular weight excluding hydrogens is 489 g/mol. The zero-order chi connectivity index (χ0) is 19.9. The van der Waals surface area contributed by atoms with E-state index in [1.54, 1.807) is 0 Å². The van der Waals surface area contributed by atoms with Crippen LogP contribution in [0.2, 0.25) is 0 Å². The van der Waals surface area contributed by atoms with Crippen LogP contribution in [0.3, 0.4) is 0 Å². The van der Waals surface area contributed by atoms with Crippen LogP contribution < -0.4 is 10.6 Å². The van der Waals surface area contributed by atoms with Gasteiger partial charge in [0, 0.05) is 44.3 Å². The molecule has 1 aliphatic heterocycles. The second kappa shape index (κ2) is 11.8. The highest BCUT2D eigenvalue weighted by Gasteiger charge is 2.27. The monoisotopic (exact) mass is 525 g/mol.